The van der Waals surface area contributed by atoms with Crippen molar-refractivity contribution in [1.29, 1.82) is 0 Å². The summed E-state index contributed by atoms with van der Waals surface area (Å²) in [5.74, 6) is -2.01. The minimum Gasteiger partial charge on any atom is -0.507 e. The summed E-state index contributed by atoms with van der Waals surface area (Å²) in [5.41, 5.74) is 1.86. The molecular formula is C28H23NO8S. The van der Waals surface area contributed by atoms with Crippen molar-refractivity contribution in [2.24, 2.45) is 0 Å². The molecule has 4 aromatic carbocycles. The van der Waals surface area contributed by atoms with Crippen molar-refractivity contribution in [2.45, 2.75) is 17.9 Å². The van der Waals surface area contributed by atoms with Crippen molar-refractivity contribution in [1.82, 2.24) is 4.31 Å². The highest BCUT2D eigenvalue weighted by Gasteiger charge is 2.33. The largest absolute Gasteiger partial charge is 0.507 e. The van der Waals surface area contributed by atoms with Gasteiger partial charge in [-0.1, -0.05) is 30.3 Å². The fraction of sp³-hybridized carbons (Fsp3) is 0.143. The number of carbonyl (C=O) groups excluding carboxylic acids is 1. The van der Waals surface area contributed by atoms with E-state index in [1.165, 1.54) is 46.8 Å². The van der Waals surface area contributed by atoms with Gasteiger partial charge >= 0.3 is 11.9 Å². The fourth-order valence-electron chi connectivity index (χ4n) is 4.10. The van der Waals surface area contributed by atoms with Gasteiger partial charge in [0.25, 0.3) is 0 Å². The van der Waals surface area contributed by atoms with Crippen LogP contribution in [0.2, 0.25) is 0 Å². The minimum absolute atomic E-state index is 0.0694. The van der Waals surface area contributed by atoms with Gasteiger partial charge in [-0.3, -0.25) is 0 Å². The van der Waals surface area contributed by atoms with Gasteiger partial charge in [-0.05, 0) is 59.0 Å². The number of nitrogens with zero attached hydrogens (tertiary/aromatic N) is 1. The third kappa shape index (κ3) is 5.04. The number of fused-ring (bicyclic) bond motifs is 1. The summed E-state index contributed by atoms with van der Waals surface area (Å²) >= 11 is 0. The zero-order chi connectivity index (χ0) is 27.0. The number of phenols is 2. The number of benzene rings is 4. The van der Waals surface area contributed by atoms with Crippen molar-refractivity contribution in [3.05, 3.63) is 101 Å². The van der Waals surface area contributed by atoms with Crippen molar-refractivity contribution < 1.29 is 38.1 Å². The predicted molar refractivity (Wildman–Crippen MR) is 138 cm³/mol. The second kappa shape index (κ2) is 9.81. The Labute approximate surface area is 218 Å². The lowest BCUT2D eigenvalue weighted by atomic mass is 9.97. The Bertz CT molecular complexity index is 1660. The highest BCUT2D eigenvalue weighted by atomic mass is 32.2. The Hall–Kier alpha value is -4.41. The second-order valence-corrected chi connectivity index (χ2v) is 10.9. The maximum Gasteiger partial charge on any atom is 0.338 e. The lowest BCUT2D eigenvalue weighted by molar-refractivity contribution is 0.0472. The predicted octanol–water partition coefficient (Wildman–Crippen LogP) is 3.90. The lowest BCUT2D eigenvalue weighted by Crippen LogP contribution is -2.11. The van der Waals surface area contributed by atoms with Gasteiger partial charge in [0, 0.05) is 30.5 Å². The molecule has 0 saturated carbocycles. The van der Waals surface area contributed by atoms with Crippen LogP contribution in [-0.2, 0) is 27.8 Å². The molecule has 10 heteroatoms. The Balaban J connectivity index is 1.32. The highest BCUT2D eigenvalue weighted by molar-refractivity contribution is 7.89. The Morgan fingerprint density at radius 3 is 2.11 bits per heavy atom. The summed E-state index contributed by atoms with van der Waals surface area (Å²) in [6.45, 7) is 0.966. The third-order valence-electron chi connectivity index (χ3n) is 6.35. The van der Waals surface area contributed by atoms with Crippen LogP contribution >= 0.6 is 0 Å². The van der Waals surface area contributed by atoms with Crippen molar-refractivity contribution >= 4 is 32.7 Å². The van der Waals surface area contributed by atoms with E-state index in [1.54, 1.807) is 30.3 Å². The molecule has 1 aliphatic rings. The third-order valence-corrected chi connectivity index (χ3v) is 8.26. The summed E-state index contributed by atoms with van der Waals surface area (Å²) < 4.78 is 31.3. The van der Waals surface area contributed by atoms with Gasteiger partial charge in [0.2, 0.25) is 10.0 Å². The molecule has 3 N–H and O–H groups in total. The van der Waals surface area contributed by atoms with Crippen LogP contribution in [0.15, 0.2) is 77.7 Å². The number of aromatic carboxylic acids is 1. The monoisotopic (exact) mass is 533 g/mol. The number of carbonyl (C=O) groups is 2. The summed E-state index contributed by atoms with van der Waals surface area (Å²) in [6, 6.07) is 18.3. The zero-order valence-corrected chi connectivity index (χ0v) is 20.8. The summed E-state index contributed by atoms with van der Waals surface area (Å²) in [7, 11) is -3.45. The van der Waals surface area contributed by atoms with E-state index >= 15 is 0 Å². The first-order valence-corrected chi connectivity index (χ1v) is 13.1. The summed E-state index contributed by atoms with van der Waals surface area (Å²) in [5, 5.41) is 31.4. The zero-order valence-electron chi connectivity index (χ0n) is 20.0. The number of sulfonamides is 1. The standard InChI is InChI=1S/C28H23NO8S/c30-25-15-20-7-8-21(14-23(20)26(31)24(25)13-17-1-5-19(6-2-17)27(32)33)28(34)37-16-18-3-9-22(10-4-18)38(35,36)29-11-12-29/h1-10,14-15,30-31H,11-13,16H2,(H,32,33). The SMILES string of the molecule is O=C(O)c1ccc(Cc2c(O)cc3ccc(C(=O)OCc4ccc(S(=O)(=O)N5CC5)cc4)cc3c2O)cc1. The topological polar surface area (TPSA) is 141 Å². The molecule has 0 unspecified atom stereocenters. The molecule has 0 amide bonds. The molecule has 1 aliphatic heterocycles. The van der Waals surface area contributed by atoms with Crippen molar-refractivity contribution in [2.75, 3.05) is 13.1 Å². The molecule has 0 bridgehead atoms. The van der Waals surface area contributed by atoms with Crippen molar-refractivity contribution in [3.8, 4) is 11.5 Å². The van der Waals surface area contributed by atoms with Crippen LogP contribution < -0.4 is 0 Å². The van der Waals surface area contributed by atoms with E-state index in [2.05, 4.69) is 0 Å². The summed E-state index contributed by atoms with van der Waals surface area (Å²) in [4.78, 5) is 24.0. The molecule has 194 valence electrons. The van der Waals surface area contributed by atoms with Gasteiger partial charge < -0.3 is 20.1 Å². The van der Waals surface area contributed by atoms with Crippen LogP contribution in [0.3, 0.4) is 0 Å². The van der Waals surface area contributed by atoms with E-state index in [0.29, 0.717) is 35.0 Å². The molecule has 0 aliphatic carbocycles. The molecule has 0 atom stereocenters. The van der Waals surface area contributed by atoms with E-state index < -0.39 is 22.0 Å². The van der Waals surface area contributed by atoms with Crippen LogP contribution in [-0.4, -0.2) is 53.1 Å². The van der Waals surface area contributed by atoms with E-state index in [-0.39, 0.29) is 46.1 Å². The van der Waals surface area contributed by atoms with Crippen LogP contribution in [0.4, 0.5) is 0 Å². The first kappa shape index (κ1) is 25.2. The van der Waals surface area contributed by atoms with Crippen LogP contribution in [0.5, 0.6) is 11.5 Å². The number of carboxylic acid groups (broad SMARTS) is 1. The van der Waals surface area contributed by atoms with Crippen molar-refractivity contribution in [3.63, 3.8) is 0 Å². The Morgan fingerprint density at radius 2 is 1.47 bits per heavy atom. The molecule has 0 spiro atoms. The van der Waals surface area contributed by atoms with Gasteiger partial charge in [0.05, 0.1) is 16.0 Å². The second-order valence-electron chi connectivity index (χ2n) is 8.96. The Kier molecular flexibility index (Phi) is 6.52. The number of ether oxygens (including phenoxy) is 1. The molecule has 38 heavy (non-hydrogen) atoms. The summed E-state index contributed by atoms with van der Waals surface area (Å²) in [6.07, 6.45) is 0.144. The molecule has 1 saturated heterocycles. The Morgan fingerprint density at radius 1 is 0.842 bits per heavy atom. The average molecular weight is 534 g/mol. The fourth-order valence-corrected chi connectivity index (χ4v) is 5.44. The van der Waals surface area contributed by atoms with Gasteiger partial charge in [-0.2, -0.15) is 4.31 Å². The van der Waals surface area contributed by atoms with Gasteiger partial charge in [-0.25, -0.2) is 18.0 Å². The van der Waals surface area contributed by atoms with Crippen LogP contribution in [0.1, 0.15) is 37.4 Å². The number of hydrogen-bond acceptors (Lipinski definition) is 7. The number of aromatic hydroxyl groups is 2. The maximum atomic E-state index is 12.7. The molecule has 0 radical (unpaired) electrons. The van der Waals surface area contributed by atoms with E-state index in [1.807, 2.05) is 0 Å². The van der Waals surface area contributed by atoms with Gasteiger partial charge in [0.1, 0.15) is 18.1 Å². The average Bonchev–Trinajstić information content (AvgIpc) is 3.76. The number of rotatable bonds is 8. The lowest BCUT2D eigenvalue weighted by Gasteiger charge is -2.12. The minimum atomic E-state index is -3.45. The number of carboxylic acids is 1. The van der Waals surface area contributed by atoms with Gasteiger partial charge in [0.15, 0.2) is 0 Å². The normalized spacial score (nSPS) is 13.4. The molecule has 9 nitrogen and oxygen atoms in total. The maximum absolute atomic E-state index is 12.7. The smallest absolute Gasteiger partial charge is 0.338 e. The van der Waals surface area contributed by atoms with E-state index in [9.17, 15) is 28.2 Å². The highest BCUT2D eigenvalue weighted by Crippen LogP contribution is 2.37. The first-order valence-electron chi connectivity index (χ1n) is 11.7. The molecule has 1 heterocycles. The molecule has 5 rings (SSSR count). The number of phenolic OH excluding ortho intramolecular Hbond substituents is 2. The van der Waals surface area contributed by atoms with E-state index in [4.69, 9.17) is 9.84 Å². The molecule has 0 aromatic heterocycles. The van der Waals surface area contributed by atoms with Crippen LogP contribution in [0, 0.1) is 0 Å². The first-order chi connectivity index (χ1) is 18.1. The van der Waals surface area contributed by atoms with Crippen LogP contribution in [0.25, 0.3) is 10.8 Å². The number of hydrogen-bond donors (Lipinski definition) is 3. The van der Waals surface area contributed by atoms with E-state index in [0.717, 1.165) is 0 Å². The van der Waals surface area contributed by atoms with Gasteiger partial charge in [-0.15, -0.1) is 0 Å². The molecule has 1 fully saturated rings. The molecular weight excluding hydrogens is 510 g/mol. The molecule has 4 aromatic rings. The quantitative estimate of drug-likeness (QED) is 0.229. The number of esters is 1.